The van der Waals surface area contributed by atoms with Crippen LogP contribution in [0.1, 0.15) is 24.9 Å². The highest BCUT2D eigenvalue weighted by Gasteiger charge is 2.25. The summed E-state index contributed by atoms with van der Waals surface area (Å²) in [5.74, 6) is 0.822. The lowest BCUT2D eigenvalue weighted by Crippen LogP contribution is -2.27. The molecule has 1 N–H and O–H groups in total. The second-order valence-corrected chi connectivity index (χ2v) is 4.78. The number of nitrogens with one attached hydrogen (secondary N) is 1. The molecule has 1 aromatic carbocycles. The predicted molar refractivity (Wildman–Crippen MR) is 65.7 cm³/mol. The van der Waals surface area contributed by atoms with Crippen LogP contribution >= 0.6 is 27.5 Å². The number of halogens is 2. The molecule has 0 aromatic heterocycles. The van der Waals surface area contributed by atoms with Gasteiger partial charge in [0, 0.05) is 22.5 Å². The van der Waals surface area contributed by atoms with Crippen molar-refractivity contribution in [1.82, 2.24) is 5.32 Å². The first-order chi connectivity index (χ1) is 7.24. The number of hydrogen-bond acceptors (Lipinski definition) is 2. The fourth-order valence-electron chi connectivity index (χ4n) is 1.89. The molecule has 1 heterocycles. The van der Waals surface area contributed by atoms with Gasteiger partial charge in [0.1, 0.15) is 5.75 Å². The first-order valence-electron chi connectivity index (χ1n) is 5.08. The molecule has 0 radical (unpaired) electrons. The Hall–Kier alpha value is -0.250. The highest BCUT2D eigenvalue weighted by Crippen LogP contribution is 2.41. The Labute approximate surface area is 103 Å². The van der Waals surface area contributed by atoms with Crippen LogP contribution in [-0.2, 0) is 0 Å². The average Bonchev–Trinajstić information content (AvgIpc) is 2.24. The van der Waals surface area contributed by atoms with Gasteiger partial charge in [-0.2, -0.15) is 0 Å². The van der Waals surface area contributed by atoms with Crippen molar-refractivity contribution in [2.75, 3.05) is 13.2 Å². The Kier molecular flexibility index (Phi) is 3.54. The number of benzene rings is 1. The minimum atomic E-state index is 0.340. The first-order valence-corrected chi connectivity index (χ1v) is 6.25. The van der Waals surface area contributed by atoms with Crippen molar-refractivity contribution in [3.63, 3.8) is 0 Å². The third-order valence-corrected chi connectivity index (χ3v) is 3.54. The van der Waals surface area contributed by atoms with E-state index in [1.54, 1.807) is 0 Å². The second-order valence-electron chi connectivity index (χ2n) is 3.52. The van der Waals surface area contributed by atoms with Crippen LogP contribution in [0.4, 0.5) is 0 Å². The summed E-state index contributed by atoms with van der Waals surface area (Å²) < 4.78 is 6.67. The van der Waals surface area contributed by atoms with Gasteiger partial charge in [-0.15, -0.1) is 0 Å². The monoisotopic (exact) mass is 289 g/mol. The molecular weight excluding hydrogens is 277 g/mol. The molecule has 2 rings (SSSR count). The Bertz CT molecular complexity index is 370. The zero-order valence-corrected chi connectivity index (χ0v) is 10.9. The van der Waals surface area contributed by atoms with Gasteiger partial charge in [-0.1, -0.05) is 34.5 Å². The maximum absolute atomic E-state index is 6.11. The Morgan fingerprint density at radius 1 is 1.60 bits per heavy atom. The van der Waals surface area contributed by atoms with Crippen LogP contribution in [0.2, 0.25) is 5.02 Å². The van der Waals surface area contributed by atoms with E-state index in [1.807, 2.05) is 12.1 Å². The molecular formula is C11H13BrClNO. The molecule has 1 atom stereocenters. The van der Waals surface area contributed by atoms with E-state index in [4.69, 9.17) is 16.3 Å². The number of rotatable bonds is 2. The van der Waals surface area contributed by atoms with E-state index < -0.39 is 0 Å². The summed E-state index contributed by atoms with van der Waals surface area (Å²) in [4.78, 5) is 0. The molecule has 0 fully saturated rings. The zero-order chi connectivity index (χ0) is 10.8. The molecule has 0 spiro atoms. The van der Waals surface area contributed by atoms with Gasteiger partial charge in [-0.05, 0) is 18.7 Å². The lowest BCUT2D eigenvalue weighted by molar-refractivity contribution is 0.253. The molecule has 4 heteroatoms. The summed E-state index contributed by atoms with van der Waals surface area (Å²) in [6.45, 7) is 3.78. The van der Waals surface area contributed by atoms with E-state index in [0.29, 0.717) is 11.1 Å². The standard InChI is InChI=1S/C11H13BrClNO/c1-2-14-9-5-6-15-11-8(13)4-3-7(12)10(9)11/h3-4,9,14H,2,5-6H2,1H3. The summed E-state index contributed by atoms with van der Waals surface area (Å²) in [5.41, 5.74) is 1.15. The zero-order valence-electron chi connectivity index (χ0n) is 8.52. The molecule has 0 saturated heterocycles. The average molecular weight is 291 g/mol. The van der Waals surface area contributed by atoms with E-state index in [9.17, 15) is 0 Å². The first kappa shape index (κ1) is 11.2. The Balaban J connectivity index is 2.45. The molecule has 82 valence electrons. The molecule has 0 bridgehead atoms. The van der Waals surface area contributed by atoms with Crippen molar-refractivity contribution in [3.8, 4) is 5.75 Å². The van der Waals surface area contributed by atoms with Gasteiger partial charge in [-0.3, -0.25) is 0 Å². The summed E-state index contributed by atoms with van der Waals surface area (Å²) in [7, 11) is 0. The highest BCUT2D eigenvalue weighted by atomic mass is 79.9. The molecule has 1 aliphatic heterocycles. The molecule has 0 aliphatic carbocycles. The normalized spacial score (nSPS) is 19.5. The lowest BCUT2D eigenvalue weighted by atomic mass is 10.0. The van der Waals surface area contributed by atoms with Crippen LogP contribution in [-0.4, -0.2) is 13.2 Å². The van der Waals surface area contributed by atoms with Crippen molar-refractivity contribution in [2.45, 2.75) is 19.4 Å². The largest absolute Gasteiger partial charge is 0.492 e. The van der Waals surface area contributed by atoms with Gasteiger partial charge in [0.05, 0.1) is 11.6 Å². The van der Waals surface area contributed by atoms with Crippen molar-refractivity contribution in [3.05, 3.63) is 27.2 Å². The van der Waals surface area contributed by atoms with E-state index >= 15 is 0 Å². The quantitative estimate of drug-likeness (QED) is 0.899. The van der Waals surface area contributed by atoms with Gasteiger partial charge >= 0.3 is 0 Å². The summed E-state index contributed by atoms with van der Waals surface area (Å²) in [6, 6.07) is 4.17. The van der Waals surface area contributed by atoms with Gasteiger partial charge < -0.3 is 10.1 Å². The maximum Gasteiger partial charge on any atom is 0.143 e. The van der Waals surface area contributed by atoms with Gasteiger partial charge in [0.25, 0.3) is 0 Å². The summed E-state index contributed by atoms with van der Waals surface area (Å²) in [5, 5.41) is 4.13. The minimum absolute atomic E-state index is 0.340. The fraction of sp³-hybridized carbons (Fsp3) is 0.455. The molecule has 1 aromatic rings. The van der Waals surface area contributed by atoms with Gasteiger partial charge in [0.15, 0.2) is 0 Å². The van der Waals surface area contributed by atoms with Crippen LogP contribution in [0.5, 0.6) is 5.75 Å². The molecule has 0 saturated carbocycles. The lowest BCUT2D eigenvalue weighted by Gasteiger charge is -2.28. The maximum atomic E-state index is 6.11. The number of fused-ring (bicyclic) bond motifs is 1. The topological polar surface area (TPSA) is 21.3 Å². The molecule has 1 aliphatic rings. The van der Waals surface area contributed by atoms with Gasteiger partial charge in [0.2, 0.25) is 0 Å². The van der Waals surface area contributed by atoms with Crippen LogP contribution in [0.3, 0.4) is 0 Å². The summed E-state index contributed by atoms with van der Waals surface area (Å²) in [6.07, 6.45) is 0.986. The Morgan fingerprint density at radius 2 is 2.40 bits per heavy atom. The van der Waals surface area contributed by atoms with E-state index in [-0.39, 0.29) is 0 Å². The molecule has 15 heavy (non-hydrogen) atoms. The second kappa shape index (κ2) is 4.73. The number of ether oxygens (including phenoxy) is 1. The van der Waals surface area contributed by atoms with Crippen molar-refractivity contribution < 1.29 is 4.74 Å². The van der Waals surface area contributed by atoms with E-state index in [1.165, 1.54) is 0 Å². The minimum Gasteiger partial charge on any atom is -0.492 e. The molecule has 2 nitrogen and oxygen atoms in total. The van der Waals surface area contributed by atoms with Crippen molar-refractivity contribution >= 4 is 27.5 Å². The summed E-state index contributed by atoms with van der Waals surface area (Å²) >= 11 is 9.65. The third kappa shape index (κ3) is 2.14. The van der Waals surface area contributed by atoms with Gasteiger partial charge in [-0.25, -0.2) is 0 Å². The van der Waals surface area contributed by atoms with Crippen molar-refractivity contribution in [1.29, 1.82) is 0 Å². The molecule has 1 unspecified atom stereocenters. The van der Waals surface area contributed by atoms with Crippen LogP contribution in [0.15, 0.2) is 16.6 Å². The fourth-order valence-corrected chi connectivity index (χ4v) is 2.70. The molecule has 0 amide bonds. The number of hydrogen-bond donors (Lipinski definition) is 1. The third-order valence-electron chi connectivity index (χ3n) is 2.55. The van der Waals surface area contributed by atoms with E-state index in [2.05, 4.69) is 28.2 Å². The highest BCUT2D eigenvalue weighted by molar-refractivity contribution is 9.10. The smallest absolute Gasteiger partial charge is 0.143 e. The van der Waals surface area contributed by atoms with Crippen molar-refractivity contribution in [2.24, 2.45) is 0 Å². The van der Waals surface area contributed by atoms with Crippen LogP contribution in [0, 0.1) is 0 Å². The SMILES string of the molecule is CCNC1CCOc2c(Cl)ccc(Br)c21. The predicted octanol–water partition coefficient (Wildman–Crippen LogP) is 3.54. The van der Waals surface area contributed by atoms with Crippen LogP contribution in [0.25, 0.3) is 0 Å². The van der Waals surface area contributed by atoms with Crippen LogP contribution < -0.4 is 10.1 Å². The Morgan fingerprint density at radius 3 is 3.13 bits per heavy atom. The van der Waals surface area contributed by atoms with E-state index in [0.717, 1.165) is 35.4 Å².